The van der Waals surface area contributed by atoms with Gasteiger partial charge in [0.25, 0.3) is 0 Å². The van der Waals surface area contributed by atoms with Gasteiger partial charge in [0.15, 0.2) is 8.68 Å². The Labute approximate surface area is 113 Å². The van der Waals surface area contributed by atoms with Gasteiger partial charge in [-0.05, 0) is 37.1 Å². The van der Waals surface area contributed by atoms with E-state index >= 15 is 0 Å². The van der Waals surface area contributed by atoms with Crippen molar-refractivity contribution in [1.29, 1.82) is 0 Å². The van der Waals surface area contributed by atoms with Crippen LogP contribution in [0.15, 0.2) is 31.9 Å². The largest absolute Gasteiger partial charge is 0.370 e. The standard InChI is InChI=1S/C10H12N4S3/c1-3-11-7-5-4-6-8(12-7)16-10-14-13-9(15-2)17-10/h4-6H,3H2,1-2H3,(H,11,12). The van der Waals surface area contributed by atoms with Crippen molar-refractivity contribution in [1.82, 2.24) is 15.2 Å². The van der Waals surface area contributed by atoms with Gasteiger partial charge in [-0.2, -0.15) is 0 Å². The summed E-state index contributed by atoms with van der Waals surface area (Å²) in [6, 6.07) is 5.93. The van der Waals surface area contributed by atoms with Crippen LogP contribution in [0.4, 0.5) is 5.82 Å². The molecule has 2 heterocycles. The van der Waals surface area contributed by atoms with Gasteiger partial charge in [0.1, 0.15) is 10.8 Å². The number of thioether (sulfide) groups is 1. The summed E-state index contributed by atoms with van der Waals surface area (Å²) >= 11 is 4.74. The van der Waals surface area contributed by atoms with Crippen LogP contribution < -0.4 is 5.32 Å². The van der Waals surface area contributed by atoms with Crippen LogP contribution in [0.1, 0.15) is 6.92 Å². The summed E-state index contributed by atoms with van der Waals surface area (Å²) in [6.07, 6.45) is 2.00. The van der Waals surface area contributed by atoms with Crippen molar-refractivity contribution >= 4 is 40.7 Å². The minimum atomic E-state index is 0.872. The van der Waals surface area contributed by atoms with Gasteiger partial charge in [-0.1, -0.05) is 29.2 Å². The Bertz CT molecular complexity index is 486. The fourth-order valence-electron chi connectivity index (χ4n) is 1.16. The number of hydrogen-bond donors (Lipinski definition) is 1. The van der Waals surface area contributed by atoms with E-state index in [0.717, 1.165) is 26.1 Å². The topological polar surface area (TPSA) is 50.7 Å². The van der Waals surface area contributed by atoms with Gasteiger partial charge in [-0.15, -0.1) is 10.2 Å². The Balaban J connectivity index is 2.09. The lowest BCUT2D eigenvalue weighted by molar-refractivity contribution is 0.953. The van der Waals surface area contributed by atoms with Gasteiger partial charge < -0.3 is 5.32 Å². The number of aromatic nitrogens is 3. The van der Waals surface area contributed by atoms with E-state index in [2.05, 4.69) is 27.4 Å². The van der Waals surface area contributed by atoms with E-state index in [1.54, 1.807) is 34.9 Å². The molecule has 0 fully saturated rings. The van der Waals surface area contributed by atoms with Crippen molar-refractivity contribution in [3.63, 3.8) is 0 Å². The zero-order chi connectivity index (χ0) is 12.1. The Morgan fingerprint density at radius 3 is 2.82 bits per heavy atom. The van der Waals surface area contributed by atoms with Crippen molar-refractivity contribution in [2.45, 2.75) is 20.6 Å². The summed E-state index contributed by atoms with van der Waals surface area (Å²) < 4.78 is 1.91. The Hall–Kier alpha value is -0.790. The van der Waals surface area contributed by atoms with Crippen molar-refractivity contribution < 1.29 is 0 Å². The highest BCUT2D eigenvalue weighted by molar-refractivity contribution is 8.02. The molecule has 1 N–H and O–H groups in total. The molecule has 0 atom stereocenters. The van der Waals surface area contributed by atoms with Gasteiger partial charge in [0, 0.05) is 6.54 Å². The maximum absolute atomic E-state index is 4.48. The lowest BCUT2D eigenvalue weighted by Crippen LogP contribution is -1.98. The molecule has 7 heteroatoms. The monoisotopic (exact) mass is 284 g/mol. The van der Waals surface area contributed by atoms with E-state index in [4.69, 9.17) is 0 Å². The smallest absolute Gasteiger partial charge is 0.181 e. The average Bonchev–Trinajstić information content (AvgIpc) is 2.78. The molecule has 0 spiro atoms. The van der Waals surface area contributed by atoms with E-state index in [-0.39, 0.29) is 0 Å². The molecule has 0 saturated heterocycles. The molecule has 0 radical (unpaired) electrons. The Kier molecular flexibility index (Phi) is 4.64. The first kappa shape index (κ1) is 12.7. The molecule has 0 aliphatic heterocycles. The highest BCUT2D eigenvalue weighted by atomic mass is 32.2. The van der Waals surface area contributed by atoms with Crippen LogP contribution in [0.3, 0.4) is 0 Å². The van der Waals surface area contributed by atoms with Crippen LogP contribution in [0.5, 0.6) is 0 Å². The van der Waals surface area contributed by atoms with Gasteiger partial charge in [0.05, 0.1) is 0 Å². The highest BCUT2D eigenvalue weighted by Crippen LogP contribution is 2.32. The number of nitrogens with one attached hydrogen (secondary N) is 1. The first-order valence-electron chi connectivity index (χ1n) is 5.08. The molecule has 2 aromatic heterocycles. The van der Waals surface area contributed by atoms with Crippen LogP contribution in [0.25, 0.3) is 0 Å². The molecule has 2 rings (SSSR count). The predicted octanol–water partition coefficient (Wildman–Crippen LogP) is 3.24. The molecule has 0 aromatic carbocycles. The zero-order valence-corrected chi connectivity index (χ0v) is 12.0. The summed E-state index contributed by atoms with van der Waals surface area (Å²) in [6.45, 7) is 2.92. The van der Waals surface area contributed by atoms with Crippen molar-refractivity contribution in [3.8, 4) is 0 Å². The lowest BCUT2D eigenvalue weighted by Gasteiger charge is -2.03. The van der Waals surface area contributed by atoms with Gasteiger partial charge in [0.2, 0.25) is 0 Å². The second-order valence-corrected chi connectivity index (χ2v) is 6.33. The van der Waals surface area contributed by atoms with Gasteiger partial charge in [-0.3, -0.25) is 0 Å². The van der Waals surface area contributed by atoms with E-state index in [0.29, 0.717) is 0 Å². The molecule has 4 nitrogen and oxygen atoms in total. The van der Waals surface area contributed by atoms with E-state index in [9.17, 15) is 0 Å². The second kappa shape index (κ2) is 6.23. The number of rotatable bonds is 5. The van der Waals surface area contributed by atoms with Crippen LogP contribution in [-0.2, 0) is 0 Å². The van der Waals surface area contributed by atoms with Crippen LogP contribution in [0, 0.1) is 0 Å². The molecule has 0 unspecified atom stereocenters. The third-order valence-corrected chi connectivity index (χ3v) is 4.72. The maximum Gasteiger partial charge on any atom is 0.181 e. The molecule has 0 amide bonds. The molecule has 17 heavy (non-hydrogen) atoms. The first-order valence-corrected chi connectivity index (χ1v) is 7.94. The summed E-state index contributed by atoms with van der Waals surface area (Å²) in [4.78, 5) is 4.48. The molecule has 0 bridgehead atoms. The van der Waals surface area contributed by atoms with Crippen molar-refractivity contribution in [2.75, 3.05) is 18.1 Å². The Morgan fingerprint density at radius 1 is 1.29 bits per heavy atom. The minimum Gasteiger partial charge on any atom is -0.370 e. The summed E-state index contributed by atoms with van der Waals surface area (Å²) in [5, 5.41) is 12.3. The number of hydrogen-bond acceptors (Lipinski definition) is 7. The minimum absolute atomic E-state index is 0.872. The molecule has 2 aromatic rings. The maximum atomic E-state index is 4.48. The van der Waals surface area contributed by atoms with E-state index < -0.39 is 0 Å². The number of anilines is 1. The van der Waals surface area contributed by atoms with Crippen LogP contribution in [-0.4, -0.2) is 28.0 Å². The van der Waals surface area contributed by atoms with Gasteiger partial charge >= 0.3 is 0 Å². The number of nitrogens with zero attached hydrogens (tertiary/aromatic N) is 3. The Morgan fingerprint density at radius 2 is 2.12 bits per heavy atom. The summed E-state index contributed by atoms with van der Waals surface area (Å²) in [7, 11) is 0. The van der Waals surface area contributed by atoms with Gasteiger partial charge in [-0.25, -0.2) is 4.98 Å². The zero-order valence-electron chi connectivity index (χ0n) is 9.51. The summed E-state index contributed by atoms with van der Waals surface area (Å²) in [5.74, 6) is 0.895. The molecule has 0 aliphatic rings. The summed E-state index contributed by atoms with van der Waals surface area (Å²) in [5.41, 5.74) is 0. The number of pyridine rings is 1. The highest BCUT2D eigenvalue weighted by Gasteiger charge is 2.06. The third-order valence-electron chi connectivity index (χ3n) is 1.84. The lowest BCUT2D eigenvalue weighted by atomic mass is 10.4. The fourth-order valence-corrected chi connectivity index (χ4v) is 3.54. The molecule has 90 valence electrons. The SMILES string of the molecule is CCNc1cccc(Sc2nnc(SC)s2)n1. The third kappa shape index (κ3) is 3.58. The normalized spacial score (nSPS) is 10.5. The van der Waals surface area contributed by atoms with Crippen molar-refractivity contribution in [2.24, 2.45) is 0 Å². The van der Waals surface area contributed by atoms with Crippen LogP contribution >= 0.6 is 34.9 Å². The molecule has 0 saturated carbocycles. The first-order chi connectivity index (χ1) is 8.31. The molecular weight excluding hydrogens is 272 g/mol. The predicted molar refractivity (Wildman–Crippen MR) is 74.2 cm³/mol. The fraction of sp³-hybridized carbons (Fsp3) is 0.300. The quantitative estimate of drug-likeness (QED) is 0.851. The second-order valence-electron chi connectivity index (χ2n) is 3.03. The molecule has 0 aliphatic carbocycles. The van der Waals surface area contributed by atoms with E-state index in [1.165, 1.54) is 0 Å². The van der Waals surface area contributed by atoms with E-state index in [1.807, 2.05) is 24.5 Å². The van der Waals surface area contributed by atoms with Crippen LogP contribution in [0.2, 0.25) is 0 Å². The molecular formula is C10H12N4S3. The van der Waals surface area contributed by atoms with Crippen molar-refractivity contribution in [3.05, 3.63) is 18.2 Å². The average molecular weight is 284 g/mol.